The molecular weight excluding hydrogens is 491 g/mol. The highest BCUT2D eigenvalue weighted by atomic mass is 32.2. The number of thiophene rings is 1. The van der Waals surface area contributed by atoms with E-state index in [1.807, 2.05) is 0 Å². The van der Waals surface area contributed by atoms with E-state index in [-0.39, 0.29) is 20.7 Å². The number of fused-ring (bicyclic) bond motifs is 1. The lowest BCUT2D eigenvalue weighted by Gasteiger charge is -2.04. The maximum atomic E-state index is 13.5. The highest BCUT2D eigenvalue weighted by Gasteiger charge is 2.35. The topological polar surface area (TPSA) is 134 Å². The number of alkyl halides is 3. The van der Waals surface area contributed by atoms with Crippen molar-refractivity contribution in [1.29, 1.82) is 0 Å². The maximum absolute atomic E-state index is 13.5. The standard InChI is InChI=1S/C20H18F3N7O2S2/c1-11(26-27-19(24)25)13-10-30(15-6-4-3-5-12(13)15)34(31,32)18-8-7-16(33-18)14-9-17(20(21,22)23)29(2)28-14/h3-10H,1-2H3,(H4,24,25,27). The van der Waals surface area contributed by atoms with E-state index in [0.717, 1.165) is 21.4 Å². The molecule has 3 aromatic heterocycles. The fourth-order valence-electron chi connectivity index (χ4n) is 3.37. The summed E-state index contributed by atoms with van der Waals surface area (Å²) in [5.41, 5.74) is 11.0. The first-order chi connectivity index (χ1) is 15.9. The number of benzene rings is 1. The largest absolute Gasteiger partial charge is 0.433 e. The highest BCUT2D eigenvalue weighted by Crippen LogP contribution is 2.36. The van der Waals surface area contributed by atoms with Gasteiger partial charge in [0.25, 0.3) is 10.0 Å². The lowest BCUT2D eigenvalue weighted by Crippen LogP contribution is -2.22. The number of aromatic nitrogens is 3. The van der Waals surface area contributed by atoms with Crippen molar-refractivity contribution in [3.05, 3.63) is 59.9 Å². The van der Waals surface area contributed by atoms with Crippen molar-refractivity contribution >= 4 is 43.9 Å². The SMILES string of the molecule is CC(=NN=C(N)N)c1cn(S(=O)(=O)c2ccc(-c3cc(C(F)(F)F)n(C)n3)s2)c2ccccc12. The molecule has 0 aliphatic carbocycles. The van der Waals surface area contributed by atoms with Crippen LogP contribution in [-0.2, 0) is 23.2 Å². The molecule has 14 heteroatoms. The van der Waals surface area contributed by atoms with Crippen LogP contribution in [0.15, 0.2) is 63.1 Å². The van der Waals surface area contributed by atoms with Crippen LogP contribution in [0.25, 0.3) is 21.5 Å². The van der Waals surface area contributed by atoms with E-state index < -0.39 is 21.9 Å². The predicted octanol–water partition coefficient (Wildman–Crippen LogP) is 3.36. The fourth-order valence-corrected chi connectivity index (χ4v) is 6.09. The van der Waals surface area contributed by atoms with Crippen molar-refractivity contribution < 1.29 is 21.6 Å². The van der Waals surface area contributed by atoms with Crippen molar-refractivity contribution in [2.75, 3.05) is 0 Å². The Kier molecular flexibility index (Phi) is 5.73. The molecule has 34 heavy (non-hydrogen) atoms. The molecule has 0 saturated carbocycles. The molecular formula is C20H18F3N7O2S2. The molecule has 0 unspecified atom stereocenters. The van der Waals surface area contributed by atoms with E-state index in [1.54, 1.807) is 31.2 Å². The second-order valence-electron chi connectivity index (χ2n) is 7.23. The predicted molar refractivity (Wildman–Crippen MR) is 124 cm³/mol. The zero-order valence-corrected chi connectivity index (χ0v) is 19.4. The van der Waals surface area contributed by atoms with E-state index in [1.165, 1.54) is 25.4 Å². The zero-order valence-electron chi connectivity index (χ0n) is 17.8. The minimum absolute atomic E-state index is 0.0274. The summed E-state index contributed by atoms with van der Waals surface area (Å²) in [5.74, 6) is -0.245. The van der Waals surface area contributed by atoms with Gasteiger partial charge in [0.05, 0.1) is 16.1 Å². The minimum atomic E-state index is -4.58. The molecule has 0 bridgehead atoms. The summed E-state index contributed by atoms with van der Waals surface area (Å²) >= 11 is 0.824. The molecule has 4 aromatic rings. The molecule has 4 N–H and O–H groups in total. The van der Waals surface area contributed by atoms with Crippen LogP contribution in [0.4, 0.5) is 13.2 Å². The Bertz CT molecular complexity index is 1560. The van der Waals surface area contributed by atoms with E-state index in [9.17, 15) is 21.6 Å². The van der Waals surface area contributed by atoms with Crippen LogP contribution in [0.3, 0.4) is 0 Å². The number of aryl methyl sites for hydroxylation is 1. The summed E-state index contributed by atoms with van der Waals surface area (Å²) in [5, 5.41) is 12.0. The molecule has 0 saturated heterocycles. The summed E-state index contributed by atoms with van der Waals surface area (Å²) in [6.07, 6.45) is -3.17. The quantitative estimate of drug-likeness (QED) is 0.242. The zero-order chi connectivity index (χ0) is 24.8. The van der Waals surface area contributed by atoms with Crippen LogP contribution >= 0.6 is 11.3 Å². The lowest BCUT2D eigenvalue weighted by molar-refractivity contribution is -0.143. The average Bonchev–Trinajstić information content (AvgIpc) is 3.48. The third kappa shape index (κ3) is 4.17. The molecule has 4 rings (SSSR count). The Hall–Kier alpha value is -3.65. The number of halogens is 3. The Balaban J connectivity index is 1.80. The summed E-state index contributed by atoms with van der Waals surface area (Å²) < 4.78 is 68.1. The first-order valence-electron chi connectivity index (χ1n) is 9.60. The summed E-state index contributed by atoms with van der Waals surface area (Å²) in [6, 6.07) is 10.5. The first-order valence-corrected chi connectivity index (χ1v) is 11.9. The minimum Gasteiger partial charge on any atom is -0.369 e. The van der Waals surface area contributed by atoms with Crippen LogP contribution in [-0.4, -0.2) is 33.8 Å². The number of hydrogen-bond acceptors (Lipinski definition) is 6. The Labute approximate surface area is 195 Å². The van der Waals surface area contributed by atoms with Gasteiger partial charge in [0.1, 0.15) is 15.6 Å². The molecule has 9 nitrogen and oxygen atoms in total. The van der Waals surface area contributed by atoms with Gasteiger partial charge in [0.15, 0.2) is 0 Å². The van der Waals surface area contributed by atoms with Gasteiger partial charge in [0.2, 0.25) is 5.96 Å². The van der Waals surface area contributed by atoms with E-state index in [4.69, 9.17) is 11.5 Å². The van der Waals surface area contributed by atoms with Gasteiger partial charge >= 0.3 is 6.18 Å². The van der Waals surface area contributed by atoms with Crippen LogP contribution in [0, 0.1) is 0 Å². The van der Waals surface area contributed by atoms with Gasteiger partial charge in [-0.15, -0.1) is 16.4 Å². The third-order valence-corrected chi connectivity index (χ3v) is 8.15. The molecule has 0 aliphatic heterocycles. The van der Waals surface area contributed by atoms with Gasteiger partial charge < -0.3 is 11.5 Å². The van der Waals surface area contributed by atoms with Gasteiger partial charge in [0, 0.05) is 24.2 Å². The second kappa shape index (κ2) is 8.29. The van der Waals surface area contributed by atoms with Crippen LogP contribution in [0.2, 0.25) is 0 Å². The van der Waals surface area contributed by atoms with E-state index in [0.29, 0.717) is 26.9 Å². The third-order valence-electron chi connectivity index (χ3n) is 4.90. The molecule has 0 amide bonds. The van der Waals surface area contributed by atoms with Crippen molar-refractivity contribution in [1.82, 2.24) is 13.8 Å². The normalized spacial score (nSPS) is 12.9. The Morgan fingerprint density at radius 2 is 1.82 bits per heavy atom. The summed E-state index contributed by atoms with van der Waals surface area (Å²) in [6.45, 7) is 1.63. The van der Waals surface area contributed by atoms with Gasteiger partial charge in [-0.1, -0.05) is 18.2 Å². The fraction of sp³-hybridized carbons (Fsp3) is 0.150. The van der Waals surface area contributed by atoms with Crippen molar-refractivity contribution in [2.45, 2.75) is 17.3 Å². The number of hydrogen-bond donors (Lipinski definition) is 2. The Morgan fingerprint density at radius 3 is 2.47 bits per heavy atom. The summed E-state index contributed by atoms with van der Waals surface area (Å²) in [4.78, 5) is 0.284. The number of nitrogens with zero attached hydrogens (tertiary/aromatic N) is 5. The van der Waals surface area contributed by atoms with E-state index in [2.05, 4.69) is 15.3 Å². The highest BCUT2D eigenvalue weighted by molar-refractivity contribution is 7.92. The second-order valence-corrected chi connectivity index (χ2v) is 10.4. The number of guanidine groups is 1. The molecule has 178 valence electrons. The van der Waals surface area contributed by atoms with E-state index >= 15 is 0 Å². The van der Waals surface area contributed by atoms with Crippen molar-refractivity contribution in [3.63, 3.8) is 0 Å². The van der Waals surface area contributed by atoms with Gasteiger partial charge in [-0.3, -0.25) is 4.68 Å². The molecule has 1 aromatic carbocycles. The number of rotatable bonds is 5. The smallest absolute Gasteiger partial charge is 0.369 e. The van der Waals surface area contributed by atoms with Crippen LogP contribution in [0.1, 0.15) is 18.2 Å². The maximum Gasteiger partial charge on any atom is 0.433 e. The number of para-hydroxylation sites is 1. The molecule has 0 fully saturated rings. The van der Waals surface area contributed by atoms with Crippen LogP contribution in [0.5, 0.6) is 0 Å². The van der Waals surface area contributed by atoms with Gasteiger partial charge in [-0.2, -0.15) is 31.8 Å². The molecule has 0 radical (unpaired) electrons. The molecule has 0 atom stereocenters. The van der Waals surface area contributed by atoms with Crippen molar-refractivity contribution in [2.24, 2.45) is 28.7 Å². The monoisotopic (exact) mass is 509 g/mol. The molecule has 3 heterocycles. The average molecular weight is 510 g/mol. The number of nitrogens with two attached hydrogens (primary N) is 2. The molecule has 0 aliphatic rings. The lowest BCUT2D eigenvalue weighted by atomic mass is 10.1. The van der Waals surface area contributed by atoms with Gasteiger partial charge in [-0.25, -0.2) is 3.97 Å². The molecule has 0 spiro atoms. The van der Waals surface area contributed by atoms with Crippen molar-refractivity contribution in [3.8, 4) is 10.6 Å². The summed E-state index contributed by atoms with van der Waals surface area (Å²) in [7, 11) is -2.91. The Morgan fingerprint density at radius 1 is 1.12 bits per heavy atom. The first kappa shape index (κ1) is 23.5. The van der Waals surface area contributed by atoms with Crippen LogP contribution < -0.4 is 11.5 Å². The van der Waals surface area contributed by atoms with Gasteiger partial charge in [-0.05, 0) is 31.2 Å².